The zero-order chi connectivity index (χ0) is 17.4. The lowest BCUT2D eigenvalue weighted by atomic mass is 10.2. The van der Waals surface area contributed by atoms with Gasteiger partial charge in [-0.15, -0.1) is 0 Å². The van der Waals surface area contributed by atoms with Crippen LogP contribution in [0.25, 0.3) is 0 Å². The summed E-state index contributed by atoms with van der Waals surface area (Å²) in [6.07, 6.45) is 10.1. The van der Waals surface area contributed by atoms with Gasteiger partial charge in [0, 0.05) is 11.1 Å². The molecule has 128 valence electrons. The number of hydrogen-bond acceptors (Lipinski definition) is 3. The van der Waals surface area contributed by atoms with E-state index in [4.69, 9.17) is 9.84 Å². The first-order chi connectivity index (χ1) is 10.4. The molecule has 4 heteroatoms. The van der Waals surface area contributed by atoms with Gasteiger partial charge in [-0.2, -0.15) is 0 Å². The van der Waals surface area contributed by atoms with Crippen LogP contribution in [0.15, 0.2) is 23.3 Å². The highest BCUT2D eigenvalue weighted by Gasteiger charge is 2.02. The highest BCUT2D eigenvalue weighted by Crippen LogP contribution is 2.02. The lowest BCUT2D eigenvalue weighted by molar-refractivity contribution is -0.138. The predicted molar refractivity (Wildman–Crippen MR) is 90.8 cm³/mol. The van der Waals surface area contributed by atoms with Gasteiger partial charge in [-0.1, -0.05) is 51.7 Å². The number of aliphatic carboxylic acids is 1. The first kappa shape index (κ1) is 22.7. The fraction of sp³-hybridized carbons (Fsp3) is 0.667. The molecule has 0 saturated heterocycles. The molecule has 0 rings (SSSR count). The van der Waals surface area contributed by atoms with Gasteiger partial charge in [-0.05, 0) is 33.6 Å². The first-order valence-electron chi connectivity index (χ1n) is 8.14. The average Bonchev–Trinajstić information content (AvgIpc) is 2.48. The van der Waals surface area contributed by atoms with Gasteiger partial charge in [0.25, 0.3) is 0 Å². The SMILES string of the molecule is CCCC/C=C(\C)C(=O)O.CCCC/C=C(\C)C(=O)OCC. The second-order valence-corrected chi connectivity index (χ2v) is 5.08. The van der Waals surface area contributed by atoms with Gasteiger partial charge in [0.05, 0.1) is 6.61 Å². The Balaban J connectivity index is 0. The summed E-state index contributed by atoms with van der Waals surface area (Å²) >= 11 is 0. The molecule has 0 heterocycles. The van der Waals surface area contributed by atoms with Crippen molar-refractivity contribution < 1.29 is 19.4 Å². The smallest absolute Gasteiger partial charge is 0.333 e. The molecule has 4 nitrogen and oxygen atoms in total. The number of carbonyl (C=O) groups is 2. The van der Waals surface area contributed by atoms with Gasteiger partial charge in [-0.3, -0.25) is 0 Å². The Morgan fingerprint density at radius 1 is 0.909 bits per heavy atom. The maximum absolute atomic E-state index is 11.0. The van der Waals surface area contributed by atoms with E-state index in [-0.39, 0.29) is 5.97 Å². The zero-order valence-electron chi connectivity index (χ0n) is 14.8. The van der Waals surface area contributed by atoms with Gasteiger partial charge >= 0.3 is 11.9 Å². The normalized spacial score (nSPS) is 11.5. The van der Waals surface area contributed by atoms with Crippen molar-refractivity contribution in [3.63, 3.8) is 0 Å². The van der Waals surface area contributed by atoms with E-state index in [2.05, 4.69) is 13.8 Å². The van der Waals surface area contributed by atoms with Crippen LogP contribution in [0.1, 0.15) is 73.1 Å². The predicted octanol–water partition coefficient (Wildman–Crippen LogP) is 4.89. The molecule has 0 aromatic carbocycles. The summed E-state index contributed by atoms with van der Waals surface area (Å²) in [5.41, 5.74) is 1.18. The molecule has 0 fully saturated rings. The van der Waals surface area contributed by atoms with Crippen molar-refractivity contribution in [2.75, 3.05) is 6.61 Å². The molecule has 0 spiro atoms. The fourth-order valence-electron chi connectivity index (χ4n) is 1.46. The molecule has 0 radical (unpaired) electrons. The number of esters is 1. The van der Waals surface area contributed by atoms with Crippen LogP contribution in [-0.4, -0.2) is 23.7 Å². The molecule has 0 aliphatic heterocycles. The lowest BCUT2D eigenvalue weighted by Crippen LogP contribution is -2.04. The minimum absolute atomic E-state index is 0.186. The summed E-state index contributed by atoms with van der Waals surface area (Å²) in [7, 11) is 0. The summed E-state index contributed by atoms with van der Waals surface area (Å²) < 4.78 is 4.83. The van der Waals surface area contributed by atoms with E-state index >= 15 is 0 Å². The van der Waals surface area contributed by atoms with Crippen molar-refractivity contribution in [3.8, 4) is 0 Å². The third kappa shape index (κ3) is 14.8. The van der Waals surface area contributed by atoms with E-state index in [1.165, 1.54) is 0 Å². The van der Waals surface area contributed by atoms with Crippen LogP contribution in [0.2, 0.25) is 0 Å². The lowest BCUT2D eigenvalue weighted by Gasteiger charge is -2.00. The molecule has 0 aliphatic rings. The van der Waals surface area contributed by atoms with Crippen LogP contribution >= 0.6 is 0 Å². The molecule has 0 aromatic heterocycles. The minimum atomic E-state index is -0.809. The summed E-state index contributed by atoms with van der Waals surface area (Å²) in [6, 6.07) is 0. The molecular weight excluding hydrogens is 280 g/mol. The molecular formula is C18H32O4. The molecule has 0 bridgehead atoms. The van der Waals surface area contributed by atoms with Crippen LogP contribution in [0.4, 0.5) is 0 Å². The topological polar surface area (TPSA) is 63.6 Å². The number of carboxylic acid groups (broad SMARTS) is 1. The number of unbranched alkanes of at least 4 members (excludes halogenated alkanes) is 4. The summed E-state index contributed by atoms with van der Waals surface area (Å²) in [5, 5.41) is 8.41. The number of carbonyl (C=O) groups excluding carboxylic acids is 1. The standard InChI is InChI=1S/C10H18O2.C8H14O2/c1-4-6-7-8-9(3)10(11)12-5-2;1-3-4-5-6-7(2)8(9)10/h8H,4-7H2,1-3H3;6H,3-5H2,1-2H3,(H,9,10)/b9-8+;7-6+. The summed E-state index contributed by atoms with van der Waals surface area (Å²) in [6.45, 7) is 9.91. The molecule has 0 amide bonds. The first-order valence-corrected chi connectivity index (χ1v) is 8.14. The van der Waals surface area contributed by atoms with Crippen LogP contribution in [0, 0.1) is 0 Å². The second kappa shape index (κ2) is 15.8. The number of allylic oxidation sites excluding steroid dienone is 2. The number of rotatable bonds is 9. The third-order valence-corrected chi connectivity index (χ3v) is 2.95. The van der Waals surface area contributed by atoms with E-state index in [9.17, 15) is 9.59 Å². The van der Waals surface area contributed by atoms with Crippen molar-refractivity contribution in [2.45, 2.75) is 73.1 Å². The van der Waals surface area contributed by atoms with E-state index in [0.717, 1.165) is 44.1 Å². The van der Waals surface area contributed by atoms with E-state index < -0.39 is 5.97 Å². The van der Waals surface area contributed by atoms with Crippen molar-refractivity contribution in [2.24, 2.45) is 0 Å². The number of carboxylic acids is 1. The zero-order valence-corrected chi connectivity index (χ0v) is 14.8. The molecule has 0 aliphatic carbocycles. The Hall–Kier alpha value is -1.58. The minimum Gasteiger partial charge on any atom is -0.478 e. The van der Waals surface area contributed by atoms with E-state index in [1.807, 2.05) is 13.0 Å². The van der Waals surface area contributed by atoms with Crippen LogP contribution in [0.5, 0.6) is 0 Å². The summed E-state index contributed by atoms with van der Waals surface area (Å²) in [5.74, 6) is -0.996. The van der Waals surface area contributed by atoms with Crippen LogP contribution < -0.4 is 0 Å². The number of hydrogen-bond donors (Lipinski definition) is 1. The second-order valence-electron chi connectivity index (χ2n) is 5.08. The van der Waals surface area contributed by atoms with Gasteiger partial charge in [0.15, 0.2) is 0 Å². The van der Waals surface area contributed by atoms with Crippen molar-refractivity contribution in [1.82, 2.24) is 0 Å². The van der Waals surface area contributed by atoms with Gasteiger partial charge in [-0.25, -0.2) is 9.59 Å². The van der Waals surface area contributed by atoms with Crippen molar-refractivity contribution in [1.29, 1.82) is 0 Å². The van der Waals surface area contributed by atoms with Crippen molar-refractivity contribution in [3.05, 3.63) is 23.3 Å². The molecule has 0 aromatic rings. The number of ether oxygens (including phenoxy) is 1. The summed E-state index contributed by atoms with van der Waals surface area (Å²) in [4.78, 5) is 21.3. The third-order valence-electron chi connectivity index (χ3n) is 2.95. The highest BCUT2D eigenvalue weighted by atomic mass is 16.5. The largest absolute Gasteiger partial charge is 0.478 e. The highest BCUT2D eigenvalue weighted by molar-refractivity contribution is 5.87. The van der Waals surface area contributed by atoms with Gasteiger partial charge in [0.2, 0.25) is 0 Å². The Kier molecular flexibility index (Phi) is 16.3. The van der Waals surface area contributed by atoms with Gasteiger partial charge in [0.1, 0.15) is 0 Å². The Labute approximate surface area is 135 Å². The van der Waals surface area contributed by atoms with E-state index in [0.29, 0.717) is 12.2 Å². The maximum atomic E-state index is 11.0. The van der Waals surface area contributed by atoms with Crippen LogP contribution in [-0.2, 0) is 14.3 Å². The Morgan fingerprint density at radius 3 is 1.73 bits per heavy atom. The molecule has 0 atom stereocenters. The van der Waals surface area contributed by atoms with Gasteiger partial charge < -0.3 is 9.84 Å². The quantitative estimate of drug-likeness (QED) is 0.374. The molecule has 1 N–H and O–H groups in total. The van der Waals surface area contributed by atoms with Crippen molar-refractivity contribution >= 4 is 11.9 Å². The van der Waals surface area contributed by atoms with E-state index in [1.54, 1.807) is 19.9 Å². The Morgan fingerprint density at radius 2 is 1.36 bits per heavy atom. The molecule has 0 saturated carbocycles. The molecule has 22 heavy (non-hydrogen) atoms. The molecule has 0 unspecified atom stereocenters. The fourth-order valence-corrected chi connectivity index (χ4v) is 1.46. The Bertz CT molecular complexity index is 367. The maximum Gasteiger partial charge on any atom is 0.333 e. The average molecular weight is 312 g/mol. The monoisotopic (exact) mass is 312 g/mol. The van der Waals surface area contributed by atoms with Crippen LogP contribution in [0.3, 0.4) is 0 Å².